The van der Waals surface area contributed by atoms with Crippen molar-refractivity contribution in [2.75, 3.05) is 18.4 Å². The molecule has 2 aromatic heterocycles. The Bertz CT molecular complexity index is 626. The van der Waals surface area contributed by atoms with Crippen molar-refractivity contribution >= 4 is 5.82 Å². The second-order valence-electron chi connectivity index (χ2n) is 4.76. The van der Waals surface area contributed by atoms with Crippen LogP contribution in [0.5, 0.6) is 0 Å². The first-order valence-corrected chi connectivity index (χ1v) is 6.73. The van der Waals surface area contributed by atoms with Crippen molar-refractivity contribution in [2.45, 2.75) is 19.4 Å². The average Bonchev–Trinajstić information content (AvgIpc) is 3.00. The van der Waals surface area contributed by atoms with E-state index in [0.29, 0.717) is 0 Å². The Morgan fingerprint density at radius 2 is 2.35 bits per heavy atom. The lowest BCUT2D eigenvalue weighted by atomic mass is 10.1. The fourth-order valence-corrected chi connectivity index (χ4v) is 2.38. The van der Waals surface area contributed by atoms with Crippen LogP contribution in [-0.2, 0) is 19.4 Å². The normalized spacial score (nSPS) is 13.6. The number of hydrogen-bond acceptors (Lipinski definition) is 5. The minimum Gasteiger partial charge on any atom is -0.369 e. The zero-order valence-electron chi connectivity index (χ0n) is 11.1. The number of H-pyrrole nitrogens is 1. The molecule has 0 spiro atoms. The van der Waals surface area contributed by atoms with E-state index < -0.39 is 0 Å². The summed E-state index contributed by atoms with van der Waals surface area (Å²) in [5, 5.41) is 15.7. The molecule has 102 valence electrons. The minimum absolute atomic E-state index is 0.245. The van der Waals surface area contributed by atoms with Gasteiger partial charge in [0.1, 0.15) is 11.9 Å². The Kier molecular flexibility index (Phi) is 3.61. The smallest absolute Gasteiger partial charge is 0.234 e. The lowest BCUT2D eigenvalue weighted by molar-refractivity contribution is 0.625. The summed E-state index contributed by atoms with van der Waals surface area (Å²) in [6, 6.07) is 4.09. The number of hydrogen-bond donors (Lipinski definition) is 3. The summed E-state index contributed by atoms with van der Waals surface area (Å²) in [7, 11) is 0. The SMILES string of the molecule is N#Cc1nc2c(c(NCCc3cc[nH]c3)n1)CNCC2. The third-order valence-corrected chi connectivity index (χ3v) is 3.40. The van der Waals surface area contributed by atoms with E-state index in [2.05, 4.69) is 31.7 Å². The number of nitrogens with zero attached hydrogens (tertiary/aromatic N) is 3. The van der Waals surface area contributed by atoms with Gasteiger partial charge in [-0.25, -0.2) is 9.97 Å². The van der Waals surface area contributed by atoms with E-state index in [4.69, 9.17) is 5.26 Å². The van der Waals surface area contributed by atoms with Gasteiger partial charge in [0.15, 0.2) is 0 Å². The molecule has 6 nitrogen and oxygen atoms in total. The van der Waals surface area contributed by atoms with Crippen molar-refractivity contribution < 1.29 is 0 Å². The van der Waals surface area contributed by atoms with Gasteiger partial charge in [0.2, 0.25) is 5.82 Å². The van der Waals surface area contributed by atoms with E-state index >= 15 is 0 Å². The molecule has 3 rings (SSSR count). The number of rotatable bonds is 4. The van der Waals surface area contributed by atoms with Gasteiger partial charge >= 0.3 is 0 Å². The van der Waals surface area contributed by atoms with Crippen LogP contribution >= 0.6 is 0 Å². The summed E-state index contributed by atoms with van der Waals surface area (Å²) in [5.74, 6) is 1.03. The van der Waals surface area contributed by atoms with Crippen molar-refractivity contribution in [2.24, 2.45) is 0 Å². The molecule has 0 saturated heterocycles. The third-order valence-electron chi connectivity index (χ3n) is 3.40. The van der Waals surface area contributed by atoms with Crippen LogP contribution in [0.2, 0.25) is 0 Å². The summed E-state index contributed by atoms with van der Waals surface area (Å²) in [4.78, 5) is 11.6. The summed E-state index contributed by atoms with van der Waals surface area (Å²) >= 11 is 0. The van der Waals surface area contributed by atoms with Crippen molar-refractivity contribution in [1.29, 1.82) is 5.26 Å². The molecule has 0 fully saturated rings. The molecule has 20 heavy (non-hydrogen) atoms. The molecule has 0 atom stereocenters. The minimum atomic E-state index is 0.245. The molecule has 0 radical (unpaired) electrons. The number of anilines is 1. The summed E-state index contributed by atoms with van der Waals surface area (Å²) in [6.07, 6.45) is 5.66. The van der Waals surface area contributed by atoms with Crippen molar-refractivity contribution in [3.8, 4) is 6.07 Å². The number of aromatic nitrogens is 3. The van der Waals surface area contributed by atoms with E-state index in [1.165, 1.54) is 5.56 Å². The van der Waals surface area contributed by atoms with Gasteiger partial charge in [-0.05, 0) is 18.1 Å². The van der Waals surface area contributed by atoms with Gasteiger partial charge in [-0.1, -0.05) is 0 Å². The molecule has 0 unspecified atom stereocenters. The van der Waals surface area contributed by atoms with Crippen molar-refractivity contribution in [3.05, 3.63) is 41.1 Å². The predicted molar refractivity (Wildman–Crippen MR) is 75.1 cm³/mol. The summed E-state index contributed by atoms with van der Waals surface area (Å²) in [6.45, 7) is 2.44. The van der Waals surface area contributed by atoms with Gasteiger partial charge in [-0.15, -0.1) is 0 Å². The third kappa shape index (κ3) is 2.63. The second kappa shape index (κ2) is 5.72. The molecule has 1 aliphatic rings. The fraction of sp³-hybridized carbons (Fsp3) is 0.357. The van der Waals surface area contributed by atoms with E-state index in [9.17, 15) is 0 Å². The van der Waals surface area contributed by atoms with Crippen molar-refractivity contribution in [3.63, 3.8) is 0 Å². The van der Waals surface area contributed by atoms with Crippen LogP contribution in [0, 0.1) is 11.3 Å². The Morgan fingerprint density at radius 3 is 3.15 bits per heavy atom. The molecule has 0 aromatic carbocycles. The van der Waals surface area contributed by atoms with E-state index in [1.807, 2.05) is 18.5 Å². The number of nitriles is 1. The Morgan fingerprint density at radius 1 is 1.40 bits per heavy atom. The van der Waals surface area contributed by atoms with Gasteiger partial charge in [-0.2, -0.15) is 5.26 Å². The zero-order chi connectivity index (χ0) is 13.8. The van der Waals surface area contributed by atoms with Crippen LogP contribution in [0.25, 0.3) is 0 Å². The predicted octanol–water partition coefficient (Wildman–Crippen LogP) is 0.977. The number of aromatic amines is 1. The van der Waals surface area contributed by atoms with Gasteiger partial charge < -0.3 is 15.6 Å². The highest BCUT2D eigenvalue weighted by Crippen LogP contribution is 2.19. The Labute approximate surface area is 117 Å². The van der Waals surface area contributed by atoms with Crippen LogP contribution in [0.15, 0.2) is 18.5 Å². The molecule has 6 heteroatoms. The topological polar surface area (TPSA) is 89.4 Å². The quantitative estimate of drug-likeness (QED) is 0.769. The average molecular weight is 268 g/mol. The van der Waals surface area contributed by atoms with Gasteiger partial charge in [-0.3, -0.25) is 0 Å². The first-order valence-electron chi connectivity index (χ1n) is 6.73. The zero-order valence-corrected chi connectivity index (χ0v) is 11.1. The van der Waals surface area contributed by atoms with Crippen LogP contribution in [-0.4, -0.2) is 28.0 Å². The lowest BCUT2D eigenvalue weighted by Crippen LogP contribution is -2.27. The maximum Gasteiger partial charge on any atom is 0.234 e. The summed E-state index contributed by atoms with van der Waals surface area (Å²) in [5.41, 5.74) is 3.32. The molecule has 0 aliphatic carbocycles. The van der Waals surface area contributed by atoms with Gasteiger partial charge in [0, 0.05) is 44.0 Å². The van der Waals surface area contributed by atoms with Gasteiger partial charge in [0.05, 0.1) is 5.69 Å². The molecule has 1 aliphatic heterocycles. The molecule has 0 amide bonds. The monoisotopic (exact) mass is 268 g/mol. The Hall–Kier alpha value is -2.39. The molecule has 0 bridgehead atoms. The molecular weight excluding hydrogens is 252 g/mol. The highest BCUT2D eigenvalue weighted by Gasteiger charge is 2.17. The molecular formula is C14H16N6. The van der Waals surface area contributed by atoms with Gasteiger partial charge in [0.25, 0.3) is 0 Å². The number of fused-ring (bicyclic) bond motifs is 1. The van der Waals surface area contributed by atoms with Crippen molar-refractivity contribution in [1.82, 2.24) is 20.3 Å². The first-order chi connectivity index (χ1) is 9.86. The number of nitrogens with one attached hydrogen (secondary N) is 3. The molecule has 3 heterocycles. The highest BCUT2D eigenvalue weighted by molar-refractivity contribution is 5.49. The van der Waals surface area contributed by atoms with E-state index in [1.54, 1.807) is 0 Å². The van der Waals surface area contributed by atoms with E-state index in [0.717, 1.165) is 49.6 Å². The largest absolute Gasteiger partial charge is 0.369 e. The fourth-order valence-electron chi connectivity index (χ4n) is 2.38. The second-order valence-corrected chi connectivity index (χ2v) is 4.76. The van der Waals surface area contributed by atoms with Crippen LogP contribution < -0.4 is 10.6 Å². The maximum absolute atomic E-state index is 9.02. The van der Waals surface area contributed by atoms with Crippen LogP contribution in [0.4, 0.5) is 5.82 Å². The molecule has 0 saturated carbocycles. The summed E-state index contributed by atoms with van der Waals surface area (Å²) < 4.78 is 0. The molecule has 3 N–H and O–H groups in total. The maximum atomic E-state index is 9.02. The van der Waals surface area contributed by atoms with Crippen LogP contribution in [0.3, 0.4) is 0 Å². The van der Waals surface area contributed by atoms with E-state index in [-0.39, 0.29) is 5.82 Å². The molecule has 2 aromatic rings. The Balaban J connectivity index is 1.76. The standard InChI is InChI=1S/C14H16N6/c15-7-13-19-12-3-5-17-9-11(12)14(20-13)18-6-2-10-1-4-16-8-10/h1,4,8,16-17H,2-3,5-6,9H2,(H,18,19,20). The highest BCUT2D eigenvalue weighted by atomic mass is 15.1. The van der Waals surface area contributed by atoms with Crippen LogP contribution in [0.1, 0.15) is 22.6 Å². The lowest BCUT2D eigenvalue weighted by Gasteiger charge is -2.19. The first kappa shape index (κ1) is 12.6.